The molecule has 0 saturated carbocycles. The third-order valence-corrected chi connectivity index (χ3v) is 3.60. The van der Waals surface area contributed by atoms with E-state index >= 15 is 0 Å². The van der Waals surface area contributed by atoms with Crippen LogP contribution in [0.4, 0.5) is 0 Å². The van der Waals surface area contributed by atoms with E-state index in [4.69, 9.17) is 0 Å². The second-order valence-corrected chi connectivity index (χ2v) is 6.67. The summed E-state index contributed by atoms with van der Waals surface area (Å²) in [6.07, 6.45) is 4.64. The van der Waals surface area contributed by atoms with Gasteiger partial charge in [0.2, 0.25) is 0 Å². The predicted octanol–water partition coefficient (Wildman–Crippen LogP) is 2.36. The molecule has 112 valence electrons. The summed E-state index contributed by atoms with van der Waals surface area (Å²) in [6, 6.07) is 0. The number of rotatable bonds is 2. The molecule has 1 aliphatic rings. The van der Waals surface area contributed by atoms with E-state index in [2.05, 4.69) is 42.6 Å². The largest absolute Gasteiger partial charge is 0.327 e. The summed E-state index contributed by atoms with van der Waals surface area (Å²) in [7, 11) is 0. The molecule has 0 unspecified atom stereocenters. The molecule has 1 aliphatic heterocycles. The van der Waals surface area contributed by atoms with Gasteiger partial charge in [-0.2, -0.15) is 0 Å². The molecule has 0 aliphatic carbocycles. The summed E-state index contributed by atoms with van der Waals surface area (Å²) in [6.45, 7) is 9.62. The average molecular weight is 285 g/mol. The topological polar surface area (TPSA) is 46.1 Å². The van der Waals surface area contributed by atoms with Crippen molar-refractivity contribution in [3.05, 3.63) is 23.3 Å². The highest BCUT2D eigenvalue weighted by molar-refractivity contribution is 5.93. The Hall–Kier alpha value is -1.89. The van der Waals surface area contributed by atoms with Gasteiger partial charge in [0.25, 0.3) is 5.91 Å². The Morgan fingerprint density at radius 3 is 2.86 bits per heavy atom. The van der Waals surface area contributed by atoms with Crippen molar-refractivity contribution in [2.24, 2.45) is 5.41 Å². The fraction of sp³-hybridized carbons (Fsp3) is 0.588. The molecular formula is C17H23N3O. The van der Waals surface area contributed by atoms with Gasteiger partial charge in [0.15, 0.2) is 0 Å². The molecule has 4 heteroatoms. The number of carbonyl (C=O) groups excluding carboxylic acids is 1. The van der Waals surface area contributed by atoms with E-state index in [-0.39, 0.29) is 5.91 Å². The van der Waals surface area contributed by atoms with Crippen LogP contribution in [-0.4, -0.2) is 27.3 Å². The lowest BCUT2D eigenvalue weighted by molar-refractivity contribution is -0.126. The van der Waals surface area contributed by atoms with Crippen LogP contribution < -0.4 is 0 Å². The zero-order valence-electron chi connectivity index (χ0n) is 13.4. The molecule has 4 nitrogen and oxygen atoms in total. The van der Waals surface area contributed by atoms with Gasteiger partial charge in [-0.05, 0) is 24.7 Å². The molecule has 0 saturated heterocycles. The highest BCUT2D eigenvalue weighted by Gasteiger charge is 2.21. The molecule has 0 fully saturated rings. The van der Waals surface area contributed by atoms with Gasteiger partial charge in [0.05, 0.1) is 5.69 Å². The molecule has 2 rings (SSSR count). The van der Waals surface area contributed by atoms with Crippen molar-refractivity contribution in [2.75, 3.05) is 6.54 Å². The third-order valence-electron chi connectivity index (χ3n) is 3.60. The Bertz CT molecular complexity index is 590. The van der Waals surface area contributed by atoms with Gasteiger partial charge in [-0.25, -0.2) is 9.97 Å². The summed E-state index contributed by atoms with van der Waals surface area (Å²) in [5, 5.41) is 0. The summed E-state index contributed by atoms with van der Waals surface area (Å²) in [5.41, 5.74) is 2.43. The Labute approximate surface area is 127 Å². The number of aryl methyl sites for hydroxylation is 1. The number of amides is 1. The minimum absolute atomic E-state index is 0.111. The molecule has 21 heavy (non-hydrogen) atoms. The minimum atomic E-state index is -0.111. The van der Waals surface area contributed by atoms with Crippen molar-refractivity contribution in [3.63, 3.8) is 0 Å². The first kappa shape index (κ1) is 15.5. The van der Waals surface area contributed by atoms with Crippen LogP contribution in [0.1, 0.15) is 51.2 Å². The van der Waals surface area contributed by atoms with Gasteiger partial charge >= 0.3 is 0 Å². The maximum atomic E-state index is 11.8. The molecule has 1 aromatic rings. The van der Waals surface area contributed by atoms with Gasteiger partial charge in [-0.15, -0.1) is 0 Å². The molecular weight excluding hydrogens is 262 g/mol. The van der Waals surface area contributed by atoms with Crippen LogP contribution in [0.5, 0.6) is 0 Å². The van der Waals surface area contributed by atoms with Crippen LogP contribution in [0.2, 0.25) is 0 Å². The van der Waals surface area contributed by atoms with E-state index in [9.17, 15) is 4.79 Å². The lowest BCUT2D eigenvalue weighted by atomic mass is 9.90. The van der Waals surface area contributed by atoms with Gasteiger partial charge in [0.1, 0.15) is 5.82 Å². The second-order valence-electron chi connectivity index (χ2n) is 6.67. The Balaban J connectivity index is 2.06. The first-order chi connectivity index (χ1) is 9.89. The monoisotopic (exact) mass is 285 g/mol. The van der Waals surface area contributed by atoms with Crippen molar-refractivity contribution >= 4 is 5.91 Å². The Kier molecular flexibility index (Phi) is 4.62. The second kappa shape index (κ2) is 6.26. The number of hydrogen-bond donors (Lipinski definition) is 0. The van der Waals surface area contributed by atoms with E-state index in [0.717, 1.165) is 36.3 Å². The standard InChI is InChI=1S/C17H23N3O/c1-5-6-16(21)20-10-8-14-13(12-20)11-18-15(19-14)7-9-17(2,3)4/h11H,7-10,12H2,1-4H3. The van der Waals surface area contributed by atoms with E-state index in [1.54, 1.807) is 11.8 Å². The number of hydrogen-bond acceptors (Lipinski definition) is 3. The quantitative estimate of drug-likeness (QED) is 0.784. The first-order valence-electron chi connectivity index (χ1n) is 7.44. The van der Waals surface area contributed by atoms with E-state index in [1.807, 2.05) is 6.20 Å². The van der Waals surface area contributed by atoms with Crippen molar-refractivity contribution < 1.29 is 4.79 Å². The maximum Gasteiger partial charge on any atom is 0.298 e. The zero-order chi connectivity index (χ0) is 15.5. The van der Waals surface area contributed by atoms with Crippen molar-refractivity contribution in [2.45, 2.75) is 53.5 Å². The maximum absolute atomic E-state index is 11.8. The highest BCUT2D eigenvalue weighted by Crippen LogP contribution is 2.21. The van der Waals surface area contributed by atoms with Crippen molar-refractivity contribution in [3.8, 4) is 11.8 Å². The summed E-state index contributed by atoms with van der Waals surface area (Å²) >= 11 is 0. The molecule has 1 aromatic heterocycles. The van der Waals surface area contributed by atoms with Gasteiger partial charge in [-0.1, -0.05) is 26.7 Å². The molecule has 0 N–H and O–H groups in total. The molecule has 1 amide bonds. The Morgan fingerprint density at radius 1 is 1.43 bits per heavy atom. The zero-order valence-corrected chi connectivity index (χ0v) is 13.4. The van der Waals surface area contributed by atoms with Gasteiger partial charge in [0, 0.05) is 37.7 Å². The fourth-order valence-corrected chi connectivity index (χ4v) is 2.32. The number of nitrogens with zero attached hydrogens (tertiary/aromatic N) is 3. The summed E-state index contributed by atoms with van der Waals surface area (Å²) < 4.78 is 0. The van der Waals surface area contributed by atoms with Crippen LogP contribution >= 0.6 is 0 Å². The summed E-state index contributed by atoms with van der Waals surface area (Å²) in [4.78, 5) is 22.7. The Morgan fingerprint density at radius 2 is 2.19 bits per heavy atom. The SMILES string of the molecule is CC#CC(=O)N1CCc2nc(CCC(C)(C)C)ncc2C1. The third kappa shape index (κ3) is 4.29. The lowest BCUT2D eigenvalue weighted by Gasteiger charge is -2.26. The molecule has 2 heterocycles. The molecule has 0 atom stereocenters. The van der Waals surface area contributed by atoms with E-state index in [0.29, 0.717) is 18.5 Å². The number of carbonyl (C=O) groups is 1. The van der Waals surface area contributed by atoms with Crippen LogP contribution in [0.3, 0.4) is 0 Å². The van der Waals surface area contributed by atoms with Crippen LogP contribution in [0.15, 0.2) is 6.20 Å². The fourth-order valence-electron chi connectivity index (χ4n) is 2.32. The first-order valence-corrected chi connectivity index (χ1v) is 7.44. The van der Waals surface area contributed by atoms with Crippen LogP contribution in [0, 0.1) is 17.3 Å². The molecule has 0 spiro atoms. The smallest absolute Gasteiger partial charge is 0.298 e. The lowest BCUT2D eigenvalue weighted by Crippen LogP contribution is -2.35. The molecule has 0 bridgehead atoms. The predicted molar refractivity (Wildman–Crippen MR) is 82.4 cm³/mol. The number of fused-ring (bicyclic) bond motifs is 1. The van der Waals surface area contributed by atoms with Gasteiger partial charge in [-0.3, -0.25) is 4.79 Å². The minimum Gasteiger partial charge on any atom is -0.327 e. The average Bonchev–Trinajstić information content (AvgIpc) is 2.44. The van der Waals surface area contributed by atoms with Crippen LogP contribution in [-0.2, 0) is 24.2 Å². The van der Waals surface area contributed by atoms with Crippen molar-refractivity contribution in [1.29, 1.82) is 0 Å². The van der Waals surface area contributed by atoms with E-state index in [1.165, 1.54) is 0 Å². The number of aromatic nitrogens is 2. The van der Waals surface area contributed by atoms with E-state index < -0.39 is 0 Å². The highest BCUT2D eigenvalue weighted by atomic mass is 16.2. The van der Waals surface area contributed by atoms with Crippen molar-refractivity contribution in [1.82, 2.24) is 14.9 Å². The molecule has 0 radical (unpaired) electrons. The molecule has 0 aromatic carbocycles. The van der Waals surface area contributed by atoms with Gasteiger partial charge < -0.3 is 4.90 Å². The normalized spacial score (nSPS) is 14.2. The summed E-state index contributed by atoms with van der Waals surface area (Å²) in [5.74, 6) is 6.05. The van der Waals surface area contributed by atoms with Crippen LogP contribution in [0.25, 0.3) is 0 Å².